The van der Waals surface area contributed by atoms with Crippen molar-refractivity contribution in [1.29, 1.82) is 0 Å². The summed E-state index contributed by atoms with van der Waals surface area (Å²) in [6.07, 6.45) is 2.63. The highest BCUT2D eigenvalue weighted by Crippen LogP contribution is 2.35. The van der Waals surface area contributed by atoms with Gasteiger partial charge >= 0.3 is 5.97 Å². The van der Waals surface area contributed by atoms with Gasteiger partial charge in [-0.15, -0.1) is 0 Å². The van der Waals surface area contributed by atoms with E-state index in [1.807, 2.05) is 0 Å². The zero-order chi connectivity index (χ0) is 13.0. The summed E-state index contributed by atoms with van der Waals surface area (Å²) in [5.74, 6) is 0.00666. The number of ether oxygens (including phenoxy) is 1. The molecule has 0 aliphatic heterocycles. The largest absolute Gasteiger partial charge is 0.462 e. The maximum atomic E-state index is 11.4. The number of esters is 1. The fourth-order valence-electron chi connectivity index (χ4n) is 2.59. The SMILES string of the molecule is CC1CCC(C(C)C)C(OC(=O)CC([NH])=O)C1. The van der Waals surface area contributed by atoms with Gasteiger partial charge in [-0.05, 0) is 30.6 Å². The van der Waals surface area contributed by atoms with Crippen molar-refractivity contribution in [1.82, 2.24) is 5.73 Å². The van der Waals surface area contributed by atoms with Crippen molar-refractivity contribution in [3.8, 4) is 0 Å². The number of rotatable bonds is 4. The van der Waals surface area contributed by atoms with Crippen LogP contribution < -0.4 is 5.73 Å². The molecule has 97 valence electrons. The van der Waals surface area contributed by atoms with Gasteiger partial charge in [-0.3, -0.25) is 15.3 Å². The van der Waals surface area contributed by atoms with E-state index in [4.69, 9.17) is 10.5 Å². The second kappa shape index (κ2) is 6.03. The van der Waals surface area contributed by atoms with Gasteiger partial charge in [0, 0.05) is 0 Å². The molecule has 1 saturated carbocycles. The van der Waals surface area contributed by atoms with Crippen LogP contribution in [0.5, 0.6) is 0 Å². The Morgan fingerprint density at radius 2 is 2.00 bits per heavy atom. The second-order valence-electron chi connectivity index (χ2n) is 5.45. The number of carbonyl (C=O) groups excluding carboxylic acids is 2. The first-order valence-electron chi connectivity index (χ1n) is 6.34. The van der Waals surface area contributed by atoms with Crippen LogP contribution in [0.2, 0.25) is 0 Å². The molecule has 0 spiro atoms. The first-order chi connectivity index (χ1) is 7.90. The first kappa shape index (κ1) is 14.0. The number of hydrogen-bond acceptors (Lipinski definition) is 3. The summed E-state index contributed by atoms with van der Waals surface area (Å²) in [5, 5.41) is 0. The van der Waals surface area contributed by atoms with Gasteiger partial charge in [-0.2, -0.15) is 0 Å². The minimum Gasteiger partial charge on any atom is -0.462 e. The summed E-state index contributed by atoms with van der Waals surface area (Å²) in [5.41, 5.74) is 6.76. The van der Waals surface area contributed by atoms with Gasteiger partial charge in [-0.1, -0.05) is 27.2 Å². The minimum atomic E-state index is -0.875. The Labute approximate surface area is 103 Å². The van der Waals surface area contributed by atoms with Crippen molar-refractivity contribution >= 4 is 11.9 Å². The molecule has 1 radical (unpaired) electrons. The molecule has 0 bridgehead atoms. The molecule has 0 aromatic carbocycles. The van der Waals surface area contributed by atoms with Crippen molar-refractivity contribution in [2.45, 2.75) is 52.6 Å². The fourth-order valence-corrected chi connectivity index (χ4v) is 2.59. The van der Waals surface area contributed by atoms with E-state index in [1.165, 1.54) is 6.42 Å². The van der Waals surface area contributed by atoms with Crippen molar-refractivity contribution < 1.29 is 14.3 Å². The summed E-state index contributed by atoms with van der Waals surface area (Å²) in [6, 6.07) is 0. The third kappa shape index (κ3) is 4.36. The third-order valence-corrected chi connectivity index (χ3v) is 3.55. The molecule has 1 N–H and O–H groups in total. The Balaban J connectivity index is 2.57. The number of carbonyl (C=O) groups is 2. The summed E-state index contributed by atoms with van der Waals surface area (Å²) in [7, 11) is 0. The van der Waals surface area contributed by atoms with Crippen LogP contribution >= 0.6 is 0 Å². The number of nitrogens with one attached hydrogen (secondary N) is 1. The molecule has 4 heteroatoms. The van der Waals surface area contributed by atoms with E-state index in [0.29, 0.717) is 17.8 Å². The molecule has 1 amide bonds. The van der Waals surface area contributed by atoms with E-state index in [-0.39, 0.29) is 6.10 Å². The van der Waals surface area contributed by atoms with Gasteiger partial charge in [0.2, 0.25) is 5.91 Å². The fraction of sp³-hybridized carbons (Fsp3) is 0.846. The average molecular weight is 240 g/mol. The molecule has 1 aliphatic carbocycles. The predicted octanol–water partition coefficient (Wildman–Crippen LogP) is 2.19. The van der Waals surface area contributed by atoms with Crippen LogP contribution in [0, 0.1) is 17.8 Å². The van der Waals surface area contributed by atoms with Crippen LogP contribution in [-0.2, 0) is 14.3 Å². The van der Waals surface area contributed by atoms with E-state index in [9.17, 15) is 9.59 Å². The van der Waals surface area contributed by atoms with Gasteiger partial charge < -0.3 is 4.74 Å². The first-order valence-corrected chi connectivity index (χ1v) is 6.34. The van der Waals surface area contributed by atoms with Gasteiger partial charge in [0.25, 0.3) is 0 Å². The monoisotopic (exact) mass is 240 g/mol. The molecule has 1 rings (SSSR count). The molecule has 1 fully saturated rings. The van der Waals surface area contributed by atoms with Gasteiger partial charge in [-0.25, -0.2) is 0 Å². The Morgan fingerprint density at radius 1 is 1.35 bits per heavy atom. The highest BCUT2D eigenvalue weighted by molar-refractivity contribution is 5.92. The van der Waals surface area contributed by atoms with Crippen LogP contribution in [0.15, 0.2) is 0 Å². The zero-order valence-corrected chi connectivity index (χ0v) is 10.9. The van der Waals surface area contributed by atoms with Crippen molar-refractivity contribution in [3.05, 3.63) is 0 Å². The topological polar surface area (TPSA) is 67.2 Å². The standard InChI is InChI=1S/C13H22NO3/c1-8(2)10-5-4-9(3)6-11(10)17-13(16)7-12(14)15/h8-11,14H,4-7H2,1-3H3. The van der Waals surface area contributed by atoms with E-state index in [2.05, 4.69) is 20.8 Å². The van der Waals surface area contributed by atoms with Crippen LogP contribution in [0.3, 0.4) is 0 Å². The molecule has 0 heterocycles. The lowest BCUT2D eigenvalue weighted by molar-refractivity contribution is -0.157. The van der Waals surface area contributed by atoms with Gasteiger partial charge in [0.15, 0.2) is 0 Å². The predicted molar refractivity (Wildman–Crippen MR) is 63.9 cm³/mol. The van der Waals surface area contributed by atoms with Gasteiger partial charge in [0.05, 0.1) is 0 Å². The molecule has 1 aliphatic rings. The Morgan fingerprint density at radius 3 is 2.53 bits per heavy atom. The molecule has 4 nitrogen and oxygen atoms in total. The summed E-state index contributed by atoms with van der Waals surface area (Å²) >= 11 is 0. The number of amides is 1. The van der Waals surface area contributed by atoms with E-state index < -0.39 is 18.3 Å². The summed E-state index contributed by atoms with van der Waals surface area (Å²) in [6.45, 7) is 6.43. The molecule has 17 heavy (non-hydrogen) atoms. The number of hydrogen-bond donors (Lipinski definition) is 0. The van der Waals surface area contributed by atoms with Crippen molar-refractivity contribution in [2.24, 2.45) is 17.8 Å². The van der Waals surface area contributed by atoms with Crippen LogP contribution in [0.4, 0.5) is 0 Å². The normalized spacial score (nSPS) is 29.1. The van der Waals surface area contributed by atoms with E-state index >= 15 is 0 Å². The van der Waals surface area contributed by atoms with Crippen LogP contribution in [0.1, 0.15) is 46.5 Å². The molecule has 0 aromatic rings. The molecule has 3 unspecified atom stereocenters. The Bertz CT molecular complexity index is 288. The van der Waals surface area contributed by atoms with E-state index in [1.54, 1.807) is 0 Å². The lowest BCUT2D eigenvalue weighted by Crippen LogP contribution is -2.36. The second-order valence-corrected chi connectivity index (χ2v) is 5.45. The molecule has 0 saturated heterocycles. The average Bonchev–Trinajstić information content (AvgIpc) is 2.15. The molecular weight excluding hydrogens is 218 g/mol. The van der Waals surface area contributed by atoms with Crippen molar-refractivity contribution in [3.63, 3.8) is 0 Å². The minimum absolute atomic E-state index is 0.0781. The highest BCUT2D eigenvalue weighted by Gasteiger charge is 2.33. The molecule has 3 atom stereocenters. The quantitative estimate of drug-likeness (QED) is 0.558. The maximum absolute atomic E-state index is 11.4. The summed E-state index contributed by atoms with van der Waals surface area (Å²) in [4.78, 5) is 22.0. The zero-order valence-electron chi connectivity index (χ0n) is 10.9. The lowest BCUT2D eigenvalue weighted by Gasteiger charge is -2.36. The summed E-state index contributed by atoms with van der Waals surface area (Å²) < 4.78 is 5.37. The van der Waals surface area contributed by atoms with E-state index in [0.717, 1.165) is 12.8 Å². The Hall–Kier alpha value is -1.06. The smallest absolute Gasteiger partial charge is 0.315 e. The van der Waals surface area contributed by atoms with Crippen LogP contribution in [0.25, 0.3) is 0 Å². The van der Waals surface area contributed by atoms with Crippen molar-refractivity contribution in [2.75, 3.05) is 0 Å². The van der Waals surface area contributed by atoms with Crippen LogP contribution in [-0.4, -0.2) is 18.0 Å². The van der Waals surface area contributed by atoms with Gasteiger partial charge in [0.1, 0.15) is 12.5 Å². The Kier molecular flexibility index (Phi) is 4.97. The third-order valence-electron chi connectivity index (χ3n) is 3.55. The molecular formula is C13H22NO3. The highest BCUT2D eigenvalue weighted by atomic mass is 16.5. The molecule has 0 aromatic heterocycles. The maximum Gasteiger partial charge on any atom is 0.315 e. The lowest BCUT2D eigenvalue weighted by atomic mass is 9.75.